The normalized spacial score (nSPS) is 22.8. The van der Waals surface area contributed by atoms with Crippen LogP contribution in [0.15, 0.2) is 24.4 Å². The van der Waals surface area contributed by atoms with Crippen LogP contribution in [-0.2, 0) is 0 Å². The van der Waals surface area contributed by atoms with E-state index in [-0.39, 0.29) is 12.5 Å². The molecule has 21 heavy (non-hydrogen) atoms. The molecule has 1 saturated heterocycles. The van der Waals surface area contributed by atoms with Crippen molar-refractivity contribution in [2.75, 3.05) is 24.6 Å². The van der Waals surface area contributed by atoms with Crippen molar-refractivity contribution in [3.63, 3.8) is 0 Å². The summed E-state index contributed by atoms with van der Waals surface area (Å²) in [6, 6.07) is 6.33. The lowest BCUT2D eigenvalue weighted by Crippen LogP contribution is -2.45. The molecule has 112 valence electrons. The quantitative estimate of drug-likeness (QED) is 0.887. The van der Waals surface area contributed by atoms with Crippen LogP contribution in [0.1, 0.15) is 17.5 Å². The predicted molar refractivity (Wildman–Crippen MR) is 84.6 cm³/mol. The first-order valence-corrected chi connectivity index (χ1v) is 7.50. The van der Waals surface area contributed by atoms with Gasteiger partial charge < -0.3 is 15.1 Å². The second-order valence-electron chi connectivity index (χ2n) is 6.05. The highest BCUT2D eigenvalue weighted by Crippen LogP contribution is 2.31. The highest BCUT2D eigenvalue weighted by Gasteiger charge is 2.28. The van der Waals surface area contributed by atoms with E-state index >= 15 is 0 Å². The molecule has 0 radical (unpaired) electrons. The molecule has 0 unspecified atom stereocenters. The van der Waals surface area contributed by atoms with Gasteiger partial charge in [0.2, 0.25) is 0 Å². The molecule has 3 rings (SSSR count). The largest absolute Gasteiger partial charge is 0.396 e. The van der Waals surface area contributed by atoms with Crippen molar-refractivity contribution in [1.82, 2.24) is 4.98 Å². The van der Waals surface area contributed by atoms with Crippen molar-refractivity contribution in [2.45, 2.75) is 26.4 Å². The maximum absolute atomic E-state index is 10.2. The molecule has 2 atom stereocenters. The number of hydrogen-bond acceptors (Lipinski definition) is 4. The number of benzene rings is 1. The van der Waals surface area contributed by atoms with Gasteiger partial charge in [-0.25, -0.2) is 0 Å². The van der Waals surface area contributed by atoms with Crippen molar-refractivity contribution in [1.29, 1.82) is 0 Å². The molecule has 1 aromatic heterocycles. The second-order valence-corrected chi connectivity index (χ2v) is 6.05. The van der Waals surface area contributed by atoms with Crippen LogP contribution in [0.25, 0.3) is 10.9 Å². The molecule has 1 aliphatic heterocycles. The van der Waals surface area contributed by atoms with Gasteiger partial charge in [-0.15, -0.1) is 0 Å². The van der Waals surface area contributed by atoms with Crippen molar-refractivity contribution in [2.24, 2.45) is 5.92 Å². The van der Waals surface area contributed by atoms with E-state index in [2.05, 4.69) is 35.9 Å². The monoisotopic (exact) mass is 286 g/mol. The van der Waals surface area contributed by atoms with E-state index in [0.717, 1.165) is 29.6 Å². The second kappa shape index (κ2) is 5.62. The van der Waals surface area contributed by atoms with Gasteiger partial charge in [0.25, 0.3) is 0 Å². The Balaban J connectivity index is 2.01. The molecule has 1 aromatic carbocycles. The third-order valence-electron chi connectivity index (χ3n) is 4.45. The molecule has 1 aliphatic rings. The van der Waals surface area contributed by atoms with Crippen molar-refractivity contribution in [3.05, 3.63) is 35.5 Å². The van der Waals surface area contributed by atoms with E-state index < -0.39 is 6.10 Å². The molecule has 0 spiro atoms. The van der Waals surface area contributed by atoms with Crippen LogP contribution in [0, 0.1) is 19.8 Å². The van der Waals surface area contributed by atoms with Gasteiger partial charge in [-0.05, 0) is 38.0 Å². The topological polar surface area (TPSA) is 56.6 Å². The molecule has 0 bridgehead atoms. The number of aliphatic hydroxyl groups excluding tert-OH is 2. The Kier molecular flexibility index (Phi) is 3.83. The average Bonchev–Trinajstić information content (AvgIpc) is 2.46. The van der Waals surface area contributed by atoms with Gasteiger partial charge >= 0.3 is 0 Å². The number of piperidine rings is 1. The third kappa shape index (κ3) is 2.61. The lowest BCUT2D eigenvalue weighted by atomic mass is 9.94. The maximum Gasteiger partial charge on any atom is 0.0765 e. The van der Waals surface area contributed by atoms with E-state index in [0.29, 0.717) is 6.54 Å². The molecule has 2 aromatic rings. The summed E-state index contributed by atoms with van der Waals surface area (Å²) in [5.41, 5.74) is 4.55. The Bertz CT molecular complexity index is 657. The number of rotatable bonds is 2. The number of fused-ring (bicyclic) bond motifs is 1. The van der Waals surface area contributed by atoms with Gasteiger partial charge in [0.15, 0.2) is 0 Å². The van der Waals surface area contributed by atoms with E-state index in [4.69, 9.17) is 0 Å². The Hall–Kier alpha value is -1.65. The van der Waals surface area contributed by atoms with E-state index in [9.17, 15) is 10.2 Å². The summed E-state index contributed by atoms with van der Waals surface area (Å²) in [5.74, 6) is -0.00202. The van der Waals surface area contributed by atoms with Crippen LogP contribution in [0.2, 0.25) is 0 Å². The summed E-state index contributed by atoms with van der Waals surface area (Å²) in [5, 5.41) is 20.6. The van der Waals surface area contributed by atoms with Crippen molar-refractivity contribution < 1.29 is 10.2 Å². The Morgan fingerprint density at radius 3 is 2.86 bits per heavy atom. The van der Waals surface area contributed by atoms with Crippen LogP contribution < -0.4 is 4.90 Å². The Morgan fingerprint density at radius 1 is 1.33 bits per heavy atom. The minimum Gasteiger partial charge on any atom is -0.396 e. The number of anilines is 1. The summed E-state index contributed by atoms with van der Waals surface area (Å²) in [6.45, 7) is 5.66. The molecule has 0 amide bonds. The fourth-order valence-corrected chi connectivity index (χ4v) is 3.29. The first-order valence-electron chi connectivity index (χ1n) is 7.50. The van der Waals surface area contributed by atoms with Gasteiger partial charge in [-0.3, -0.25) is 4.98 Å². The number of nitrogens with zero attached hydrogens (tertiary/aromatic N) is 2. The van der Waals surface area contributed by atoms with Crippen LogP contribution in [0.5, 0.6) is 0 Å². The molecule has 4 nitrogen and oxygen atoms in total. The van der Waals surface area contributed by atoms with Crippen LogP contribution >= 0.6 is 0 Å². The number of pyridine rings is 1. The molecule has 2 heterocycles. The summed E-state index contributed by atoms with van der Waals surface area (Å²) in [7, 11) is 0. The number of aryl methyl sites for hydroxylation is 2. The lowest BCUT2D eigenvalue weighted by Gasteiger charge is -2.37. The van der Waals surface area contributed by atoms with Gasteiger partial charge in [0, 0.05) is 42.9 Å². The zero-order chi connectivity index (χ0) is 15.0. The van der Waals surface area contributed by atoms with Crippen LogP contribution in [0.3, 0.4) is 0 Å². The third-order valence-corrected chi connectivity index (χ3v) is 4.45. The van der Waals surface area contributed by atoms with Crippen molar-refractivity contribution >= 4 is 16.6 Å². The molecule has 4 heteroatoms. The fraction of sp³-hybridized carbons (Fsp3) is 0.471. The predicted octanol–water partition coefficient (Wildman–Crippen LogP) is 2.03. The minimum atomic E-state index is -0.474. The van der Waals surface area contributed by atoms with E-state index in [1.165, 1.54) is 11.1 Å². The summed E-state index contributed by atoms with van der Waals surface area (Å²) in [4.78, 5) is 6.71. The zero-order valence-electron chi connectivity index (χ0n) is 12.6. The number of hydrogen-bond donors (Lipinski definition) is 2. The molecule has 2 N–H and O–H groups in total. The summed E-state index contributed by atoms with van der Waals surface area (Å²) in [6.07, 6.45) is 2.18. The number of β-amino-alcohol motifs (C(OH)–C–C–N with tert-alkyl or cyclic N) is 1. The van der Waals surface area contributed by atoms with Crippen LogP contribution in [-0.4, -0.2) is 41.0 Å². The van der Waals surface area contributed by atoms with Gasteiger partial charge in [0.05, 0.1) is 11.6 Å². The van der Waals surface area contributed by atoms with Crippen molar-refractivity contribution in [3.8, 4) is 0 Å². The Morgan fingerprint density at radius 2 is 2.14 bits per heavy atom. The first kappa shape index (κ1) is 14.3. The minimum absolute atomic E-state index is 0.00202. The van der Waals surface area contributed by atoms with Gasteiger partial charge in [-0.2, -0.15) is 0 Å². The summed E-state index contributed by atoms with van der Waals surface area (Å²) >= 11 is 0. The average molecular weight is 286 g/mol. The first-order chi connectivity index (χ1) is 10.1. The lowest BCUT2D eigenvalue weighted by molar-refractivity contribution is 0.0549. The fourth-order valence-electron chi connectivity index (χ4n) is 3.29. The molecular weight excluding hydrogens is 264 g/mol. The SMILES string of the molecule is Cc1cc(C)c2nccc(N3CC[C@H](CO)[C@H](O)C3)c2c1. The van der Waals surface area contributed by atoms with E-state index in [1.54, 1.807) is 0 Å². The summed E-state index contributed by atoms with van der Waals surface area (Å²) < 4.78 is 0. The highest BCUT2D eigenvalue weighted by molar-refractivity contribution is 5.94. The molecule has 1 fully saturated rings. The van der Waals surface area contributed by atoms with Gasteiger partial charge in [0.1, 0.15) is 0 Å². The van der Waals surface area contributed by atoms with E-state index in [1.807, 2.05) is 12.3 Å². The molecular formula is C17H22N2O2. The van der Waals surface area contributed by atoms with Gasteiger partial charge in [-0.1, -0.05) is 11.6 Å². The molecule has 0 saturated carbocycles. The molecule has 0 aliphatic carbocycles. The number of aromatic nitrogens is 1. The number of aliphatic hydroxyl groups is 2. The smallest absolute Gasteiger partial charge is 0.0765 e. The maximum atomic E-state index is 10.2. The zero-order valence-corrected chi connectivity index (χ0v) is 12.6. The van der Waals surface area contributed by atoms with Crippen LogP contribution in [0.4, 0.5) is 5.69 Å². The standard InChI is InChI=1S/C17H22N2O2/c1-11-7-12(2)17-14(8-11)15(3-5-18-17)19-6-4-13(10-20)16(21)9-19/h3,5,7-8,13,16,20-21H,4,6,9-10H2,1-2H3/t13-,16-/m1/s1. The highest BCUT2D eigenvalue weighted by atomic mass is 16.3. The Labute approximate surface area is 125 Å².